The highest BCUT2D eigenvalue weighted by molar-refractivity contribution is 7.85. The third-order valence-corrected chi connectivity index (χ3v) is 3.12. The number of hydrogen-bond acceptors (Lipinski definition) is 4. The zero-order valence-corrected chi connectivity index (χ0v) is 8.79. The fraction of sp³-hybridized carbons (Fsp3) is 0.625. The van der Waals surface area contributed by atoms with Gasteiger partial charge in [0.2, 0.25) is 0 Å². The van der Waals surface area contributed by atoms with Gasteiger partial charge in [-0.05, 0) is 6.42 Å². The topological polar surface area (TPSA) is 63.7 Å². The summed E-state index contributed by atoms with van der Waals surface area (Å²) in [6.07, 6.45) is 4.53. The van der Waals surface area contributed by atoms with Gasteiger partial charge < -0.3 is 4.18 Å². The van der Waals surface area contributed by atoms with E-state index in [1.165, 1.54) is 0 Å². The number of carbonyl (C=O) groups excluding carboxylic acids is 1. The first-order valence-electron chi connectivity index (χ1n) is 4.49. The molecule has 0 aliphatic carbocycles. The number of amides is 1. The van der Waals surface area contributed by atoms with E-state index in [1.54, 1.807) is 0 Å². The molecule has 0 saturated carbocycles. The van der Waals surface area contributed by atoms with Crippen LogP contribution in [0.25, 0.3) is 0 Å². The minimum absolute atomic E-state index is 0.194. The van der Waals surface area contributed by atoms with E-state index in [-0.39, 0.29) is 6.54 Å². The van der Waals surface area contributed by atoms with Crippen molar-refractivity contribution in [3.63, 3.8) is 0 Å². The standard InChI is InChI=1S/C8H13NO4S/c1-2-3-4-6-9-8(10)5-7-13-14(9,11)12/h5,7H,2-4,6H2,1H3. The molecule has 0 fully saturated rings. The second-order valence-corrected chi connectivity index (χ2v) is 4.46. The van der Waals surface area contributed by atoms with E-state index < -0.39 is 16.2 Å². The van der Waals surface area contributed by atoms with Gasteiger partial charge in [-0.15, -0.1) is 0 Å². The predicted molar refractivity (Wildman–Crippen MR) is 50.4 cm³/mol. The Kier molecular flexibility index (Phi) is 3.51. The first kappa shape index (κ1) is 11.0. The van der Waals surface area contributed by atoms with Crippen LogP contribution in [-0.4, -0.2) is 25.2 Å². The zero-order chi connectivity index (χ0) is 10.6. The fourth-order valence-electron chi connectivity index (χ4n) is 1.13. The quantitative estimate of drug-likeness (QED) is 0.656. The number of unbranched alkanes of at least 4 members (excludes halogenated alkanes) is 2. The lowest BCUT2D eigenvalue weighted by molar-refractivity contribution is -0.122. The molecule has 0 radical (unpaired) electrons. The van der Waals surface area contributed by atoms with Gasteiger partial charge in [0.1, 0.15) is 6.26 Å². The normalized spacial score (nSPS) is 19.5. The highest BCUT2D eigenvalue weighted by atomic mass is 32.2. The lowest BCUT2D eigenvalue weighted by Crippen LogP contribution is -2.39. The molecule has 14 heavy (non-hydrogen) atoms. The third-order valence-electron chi connectivity index (χ3n) is 1.87. The Balaban J connectivity index is 2.64. The SMILES string of the molecule is CCCCCN1C(=O)C=COS1(=O)=O. The summed E-state index contributed by atoms with van der Waals surface area (Å²) < 4.78 is 27.6. The molecule has 5 nitrogen and oxygen atoms in total. The minimum Gasteiger partial charge on any atom is -0.374 e. The van der Waals surface area contributed by atoms with E-state index in [9.17, 15) is 13.2 Å². The Bertz CT molecular complexity index is 333. The van der Waals surface area contributed by atoms with Crippen molar-refractivity contribution in [1.82, 2.24) is 4.31 Å². The van der Waals surface area contributed by atoms with Gasteiger partial charge in [-0.3, -0.25) is 4.79 Å². The molecule has 0 atom stereocenters. The largest absolute Gasteiger partial charge is 0.411 e. The van der Waals surface area contributed by atoms with Crippen molar-refractivity contribution >= 4 is 16.2 Å². The molecule has 80 valence electrons. The van der Waals surface area contributed by atoms with E-state index in [0.717, 1.165) is 29.5 Å². The van der Waals surface area contributed by atoms with Gasteiger partial charge in [0.05, 0.1) is 0 Å². The molecule has 0 N–H and O–H groups in total. The van der Waals surface area contributed by atoms with Crippen LogP contribution in [0.5, 0.6) is 0 Å². The van der Waals surface area contributed by atoms with Crippen LogP contribution in [0.3, 0.4) is 0 Å². The summed E-state index contributed by atoms with van der Waals surface area (Å²) >= 11 is 0. The van der Waals surface area contributed by atoms with Crippen LogP contribution in [0.15, 0.2) is 12.3 Å². The van der Waals surface area contributed by atoms with Crippen molar-refractivity contribution in [3.05, 3.63) is 12.3 Å². The van der Waals surface area contributed by atoms with Crippen molar-refractivity contribution < 1.29 is 17.4 Å². The van der Waals surface area contributed by atoms with Crippen molar-refractivity contribution in [2.24, 2.45) is 0 Å². The first-order valence-corrected chi connectivity index (χ1v) is 5.86. The first-order chi connectivity index (χ1) is 6.58. The molecule has 0 unspecified atom stereocenters. The number of carbonyl (C=O) groups is 1. The van der Waals surface area contributed by atoms with Crippen LogP contribution < -0.4 is 0 Å². The molecule has 0 aromatic heterocycles. The van der Waals surface area contributed by atoms with Crippen LogP contribution in [0, 0.1) is 0 Å². The molecule has 0 aromatic rings. The molecular weight excluding hydrogens is 206 g/mol. The molecule has 0 spiro atoms. The monoisotopic (exact) mass is 219 g/mol. The molecule has 1 amide bonds. The van der Waals surface area contributed by atoms with Crippen molar-refractivity contribution in [2.45, 2.75) is 26.2 Å². The Morgan fingerprint density at radius 3 is 2.71 bits per heavy atom. The van der Waals surface area contributed by atoms with Crippen LogP contribution in [0.1, 0.15) is 26.2 Å². The predicted octanol–water partition coefficient (Wildman–Crippen LogP) is 0.794. The summed E-state index contributed by atoms with van der Waals surface area (Å²) in [6, 6.07) is 0. The maximum atomic E-state index is 11.2. The number of hydrogen-bond donors (Lipinski definition) is 0. The molecule has 0 saturated heterocycles. The van der Waals surface area contributed by atoms with Crippen molar-refractivity contribution in [1.29, 1.82) is 0 Å². The smallest absolute Gasteiger partial charge is 0.374 e. The summed E-state index contributed by atoms with van der Waals surface area (Å²) in [6.45, 7) is 2.20. The minimum atomic E-state index is -3.86. The van der Waals surface area contributed by atoms with Crippen molar-refractivity contribution in [2.75, 3.05) is 6.54 Å². The van der Waals surface area contributed by atoms with Crippen LogP contribution in [0.2, 0.25) is 0 Å². The molecule has 0 bridgehead atoms. The highest BCUT2D eigenvalue weighted by Gasteiger charge is 2.29. The summed E-state index contributed by atoms with van der Waals surface area (Å²) in [5.41, 5.74) is 0. The Hall–Kier alpha value is -1.04. The number of nitrogens with zero attached hydrogens (tertiary/aromatic N) is 1. The van der Waals surface area contributed by atoms with E-state index in [0.29, 0.717) is 6.42 Å². The average molecular weight is 219 g/mol. The van der Waals surface area contributed by atoms with Gasteiger partial charge in [-0.1, -0.05) is 19.8 Å². The molecule has 6 heteroatoms. The Labute approximate surface area is 83.6 Å². The van der Waals surface area contributed by atoms with Gasteiger partial charge in [-0.25, -0.2) is 4.31 Å². The molecule has 1 heterocycles. The van der Waals surface area contributed by atoms with Gasteiger partial charge in [0.15, 0.2) is 0 Å². The van der Waals surface area contributed by atoms with Crippen LogP contribution in [-0.2, 0) is 19.3 Å². The molecular formula is C8H13NO4S. The summed E-state index contributed by atoms with van der Waals surface area (Å²) in [4.78, 5) is 11.2. The van der Waals surface area contributed by atoms with E-state index >= 15 is 0 Å². The molecule has 1 rings (SSSR count). The van der Waals surface area contributed by atoms with Crippen LogP contribution >= 0.6 is 0 Å². The second kappa shape index (κ2) is 4.45. The van der Waals surface area contributed by atoms with E-state index in [4.69, 9.17) is 0 Å². The lowest BCUT2D eigenvalue weighted by atomic mass is 10.2. The molecule has 1 aliphatic heterocycles. The summed E-state index contributed by atoms with van der Waals surface area (Å²) in [7, 11) is -3.86. The van der Waals surface area contributed by atoms with Gasteiger partial charge in [-0.2, -0.15) is 8.42 Å². The van der Waals surface area contributed by atoms with E-state index in [1.807, 2.05) is 6.92 Å². The number of rotatable bonds is 4. The van der Waals surface area contributed by atoms with Gasteiger partial charge in [0.25, 0.3) is 5.91 Å². The highest BCUT2D eigenvalue weighted by Crippen LogP contribution is 2.12. The molecule has 0 aromatic carbocycles. The van der Waals surface area contributed by atoms with E-state index in [2.05, 4.69) is 4.18 Å². The average Bonchev–Trinajstić information content (AvgIpc) is 2.09. The van der Waals surface area contributed by atoms with Crippen LogP contribution in [0.4, 0.5) is 0 Å². The zero-order valence-electron chi connectivity index (χ0n) is 7.97. The summed E-state index contributed by atoms with van der Waals surface area (Å²) in [5.74, 6) is -0.535. The van der Waals surface area contributed by atoms with Crippen molar-refractivity contribution in [3.8, 4) is 0 Å². The third kappa shape index (κ3) is 2.47. The maximum Gasteiger partial charge on any atom is 0.411 e. The van der Waals surface area contributed by atoms with Gasteiger partial charge in [0, 0.05) is 12.6 Å². The second-order valence-electron chi connectivity index (χ2n) is 2.97. The fourth-order valence-corrected chi connectivity index (χ4v) is 2.06. The van der Waals surface area contributed by atoms with Gasteiger partial charge >= 0.3 is 10.3 Å². The Morgan fingerprint density at radius 1 is 1.43 bits per heavy atom. The Morgan fingerprint density at radius 2 is 2.14 bits per heavy atom. The summed E-state index contributed by atoms with van der Waals surface area (Å²) in [5, 5.41) is 0. The lowest BCUT2D eigenvalue weighted by Gasteiger charge is -2.21. The molecule has 1 aliphatic rings. The maximum absolute atomic E-state index is 11.2.